The van der Waals surface area contributed by atoms with Crippen LogP contribution >= 0.6 is 15.9 Å². The molecule has 0 fully saturated rings. The Balaban J connectivity index is 2.06. The van der Waals surface area contributed by atoms with Gasteiger partial charge in [-0.1, -0.05) is 102 Å². The van der Waals surface area contributed by atoms with Crippen molar-refractivity contribution in [1.29, 1.82) is 0 Å². The summed E-state index contributed by atoms with van der Waals surface area (Å²) in [6.07, 6.45) is 2.17. The zero-order valence-electron chi connectivity index (χ0n) is 16.0. The van der Waals surface area contributed by atoms with Crippen LogP contribution in [-0.2, 0) is 9.53 Å². The van der Waals surface area contributed by atoms with Crippen LogP contribution < -0.4 is 0 Å². The Hall–Kier alpha value is -2.65. The molecule has 3 heteroatoms. The van der Waals surface area contributed by atoms with Crippen LogP contribution in [0.2, 0.25) is 0 Å². The van der Waals surface area contributed by atoms with E-state index >= 15 is 0 Å². The van der Waals surface area contributed by atoms with E-state index in [1.165, 1.54) is 7.11 Å². The molecule has 0 saturated carbocycles. The minimum Gasteiger partial charge on any atom is -0.469 e. The maximum atomic E-state index is 12.6. The fraction of sp³-hybridized carbons (Fsp3) is 0.160. The average Bonchev–Trinajstić information content (AvgIpc) is 2.74. The SMILES string of the molecule is COC(=O)[C@@H](c1ccc(Br)cc1)[C@H](C)C=C(c1ccccc1)c1ccccc1. The molecule has 3 rings (SSSR count). The van der Waals surface area contributed by atoms with Crippen molar-refractivity contribution in [2.24, 2.45) is 5.92 Å². The quantitative estimate of drug-likeness (QED) is 0.415. The van der Waals surface area contributed by atoms with Gasteiger partial charge in [0.05, 0.1) is 13.0 Å². The molecule has 28 heavy (non-hydrogen) atoms. The summed E-state index contributed by atoms with van der Waals surface area (Å²) in [7, 11) is 1.44. The normalized spacial score (nSPS) is 12.7. The lowest BCUT2D eigenvalue weighted by atomic mass is 9.84. The second-order valence-corrected chi connectivity index (χ2v) is 7.64. The highest BCUT2D eigenvalue weighted by atomic mass is 79.9. The first-order valence-electron chi connectivity index (χ1n) is 9.26. The topological polar surface area (TPSA) is 26.3 Å². The van der Waals surface area contributed by atoms with Gasteiger partial charge < -0.3 is 4.74 Å². The molecular formula is C25H23BrO2. The van der Waals surface area contributed by atoms with Gasteiger partial charge in [0, 0.05) is 4.47 Å². The summed E-state index contributed by atoms with van der Waals surface area (Å²) < 4.78 is 6.11. The van der Waals surface area contributed by atoms with E-state index in [1.54, 1.807) is 0 Å². The molecule has 3 aromatic carbocycles. The third kappa shape index (κ3) is 4.79. The van der Waals surface area contributed by atoms with Crippen molar-refractivity contribution in [3.05, 3.63) is 112 Å². The molecule has 2 nitrogen and oxygen atoms in total. The van der Waals surface area contributed by atoms with Gasteiger partial charge in [-0.25, -0.2) is 0 Å². The molecule has 142 valence electrons. The number of halogens is 1. The number of benzene rings is 3. The summed E-state index contributed by atoms with van der Waals surface area (Å²) in [5.74, 6) is -0.656. The van der Waals surface area contributed by atoms with Crippen LogP contribution in [0.4, 0.5) is 0 Å². The number of esters is 1. The molecule has 0 radical (unpaired) electrons. The van der Waals surface area contributed by atoms with E-state index in [9.17, 15) is 4.79 Å². The Kier molecular flexibility index (Phi) is 6.83. The highest BCUT2D eigenvalue weighted by Gasteiger charge is 2.27. The summed E-state index contributed by atoms with van der Waals surface area (Å²) in [4.78, 5) is 12.6. The summed E-state index contributed by atoms with van der Waals surface area (Å²) in [5.41, 5.74) is 4.30. The maximum absolute atomic E-state index is 12.6. The third-order valence-corrected chi connectivity index (χ3v) is 5.34. The number of allylic oxidation sites excluding steroid dienone is 1. The van der Waals surface area contributed by atoms with Gasteiger partial charge in [-0.15, -0.1) is 0 Å². The van der Waals surface area contributed by atoms with Crippen molar-refractivity contribution in [3.8, 4) is 0 Å². The second-order valence-electron chi connectivity index (χ2n) is 6.72. The van der Waals surface area contributed by atoms with E-state index in [4.69, 9.17) is 4.74 Å². The Morgan fingerprint density at radius 3 is 1.82 bits per heavy atom. The highest BCUT2D eigenvalue weighted by Crippen LogP contribution is 2.32. The molecule has 0 N–H and O–H groups in total. The van der Waals surface area contributed by atoms with Crippen molar-refractivity contribution >= 4 is 27.5 Å². The molecular weight excluding hydrogens is 412 g/mol. The molecule has 0 bridgehead atoms. The third-order valence-electron chi connectivity index (χ3n) is 4.81. The van der Waals surface area contributed by atoms with Crippen LogP contribution in [0, 0.1) is 5.92 Å². The molecule has 0 aliphatic carbocycles. The summed E-state index contributed by atoms with van der Waals surface area (Å²) in [5, 5.41) is 0. The molecule has 0 aliphatic heterocycles. The molecule has 3 aromatic rings. The highest BCUT2D eigenvalue weighted by molar-refractivity contribution is 9.10. The van der Waals surface area contributed by atoms with Crippen molar-refractivity contribution in [2.45, 2.75) is 12.8 Å². The Labute approximate surface area is 175 Å². The van der Waals surface area contributed by atoms with Crippen molar-refractivity contribution in [1.82, 2.24) is 0 Å². The van der Waals surface area contributed by atoms with Crippen molar-refractivity contribution < 1.29 is 9.53 Å². The smallest absolute Gasteiger partial charge is 0.313 e. The zero-order chi connectivity index (χ0) is 19.9. The molecule has 0 unspecified atom stereocenters. The van der Waals surface area contributed by atoms with Gasteiger partial charge in [0.25, 0.3) is 0 Å². The van der Waals surface area contributed by atoms with E-state index in [0.717, 1.165) is 26.7 Å². The van der Waals surface area contributed by atoms with Gasteiger partial charge in [0.2, 0.25) is 0 Å². The monoisotopic (exact) mass is 434 g/mol. The average molecular weight is 435 g/mol. The molecule has 0 heterocycles. The number of rotatable bonds is 6. The first kappa shape index (κ1) is 20.1. The van der Waals surface area contributed by atoms with Gasteiger partial charge in [0.1, 0.15) is 0 Å². The lowest BCUT2D eigenvalue weighted by Gasteiger charge is -2.21. The Morgan fingerprint density at radius 1 is 0.857 bits per heavy atom. The minimum atomic E-state index is -0.375. The number of hydrogen-bond acceptors (Lipinski definition) is 2. The van der Waals surface area contributed by atoms with Crippen LogP contribution in [0.3, 0.4) is 0 Å². The van der Waals surface area contributed by atoms with E-state index in [0.29, 0.717) is 0 Å². The van der Waals surface area contributed by atoms with Crippen LogP contribution in [0.1, 0.15) is 29.5 Å². The lowest BCUT2D eigenvalue weighted by Crippen LogP contribution is -2.20. The molecule has 2 atom stereocenters. The molecule has 0 amide bonds. The fourth-order valence-corrected chi connectivity index (χ4v) is 3.67. The van der Waals surface area contributed by atoms with Gasteiger partial charge >= 0.3 is 5.97 Å². The first-order valence-corrected chi connectivity index (χ1v) is 10.1. The van der Waals surface area contributed by atoms with Crippen LogP contribution in [-0.4, -0.2) is 13.1 Å². The largest absolute Gasteiger partial charge is 0.469 e. The van der Waals surface area contributed by atoms with Crippen LogP contribution in [0.15, 0.2) is 95.5 Å². The van der Waals surface area contributed by atoms with E-state index in [-0.39, 0.29) is 17.8 Å². The second kappa shape index (κ2) is 9.52. The molecule has 0 aliphatic rings. The predicted molar refractivity (Wildman–Crippen MR) is 118 cm³/mol. The maximum Gasteiger partial charge on any atom is 0.313 e. The van der Waals surface area contributed by atoms with Gasteiger partial charge in [-0.3, -0.25) is 4.79 Å². The van der Waals surface area contributed by atoms with Crippen molar-refractivity contribution in [2.75, 3.05) is 7.11 Å². The van der Waals surface area contributed by atoms with Gasteiger partial charge in [0.15, 0.2) is 0 Å². The fourth-order valence-electron chi connectivity index (χ4n) is 3.41. The number of methoxy groups -OCH3 is 1. The Bertz CT molecular complexity index is 890. The van der Waals surface area contributed by atoms with Crippen LogP contribution in [0.25, 0.3) is 5.57 Å². The standard InChI is InChI=1S/C25H23BrO2/c1-18(24(25(27)28-2)21-13-15-22(26)16-14-21)17-23(19-9-5-3-6-10-19)20-11-7-4-8-12-20/h3-18,24H,1-2H3/t18-,24-/m1/s1. The van der Waals surface area contributed by atoms with E-state index in [1.807, 2.05) is 60.7 Å². The summed E-state index contributed by atoms with van der Waals surface area (Å²) in [6.45, 7) is 2.06. The Morgan fingerprint density at radius 2 is 1.36 bits per heavy atom. The number of ether oxygens (including phenoxy) is 1. The van der Waals surface area contributed by atoms with Gasteiger partial charge in [-0.05, 0) is 40.3 Å². The van der Waals surface area contributed by atoms with E-state index < -0.39 is 0 Å². The number of hydrogen-bond donors (Lipinski definition) is 0. The first-order chi connectivity index (χ1) is 13.6. The molecule has 0 saturated heterocycles. The summed E-state index contributed by atoms with van der Waals surface area (Å²) >= 11 is 3.46. The number of carbonyl (C=O) groups excluding carboxylic acids is 1. The lowest BCUT2D eigenvalue weighted by molar-refractivity contribution is -0.143. The molecule has 0 spiro atoms. The minimum absolute atomic E-state index is 0.0518. The molecule has 0 aromatic heterocycles. The number of carbonyl (C=O) groups is 1. The van der Waals surface area contributed by atoms with E-state index in [2.05, 4.69) is 53.2 Å². The summed E-state index contributed by atoms with van der Waals surface area (Å²) in [6, 6.07) is 28.4. The van der Waals surface area contributed by atoms with Crippen molar-refractivity contribution in [3.63, 3.8) is 0 Å². The van der Waals surface area contributed by atoms with Gasteiger partial charge in [-0.2, -0.15) is 0 Å². The predicted octanol–water partition coefficient (Wildman–Crippen LogP) is 6.47. The zero-order valence-corrected chi connectivity index (χ0v) is 17.6. The van der Waals surface area contributed by atoms with Crippen LogP contribution in [0.5, 0.6) is 0 Å².